The Morgan fingerprint density at radius 2 is 1.40 bits per heavy atom. The molecular weight excluding hydrogens is 64.0 g/mol. The molecule has 0 atom stereocenters. The minimum absolute atomic E-state index is 0.505. The molecule has 1 saturated carbocycles. The van der Waals surface area contributed by atoms with Crippen molar-refractivity contribution in [2.24, 2.45) is 0 Å². The summed E-state index contributed by atoms with van der Waals surface area (Å²) in [6, 6.07) is 0. The van der Waals surface area contributed by atoms with E-state index in [0.29, 0.717) is 17.8 Å². The van der Waals surface area contributed by atoms with Gasteiger partial charge in [0.2, 0.25) is 0 Å². The van der Waals surface area contributed by atoms with E-state index in [1.807, 2.05) is 0 Å². The lowest BCUT2D eigenvalue weighted by molar-refractivity contribution is 1.55. The summed E-state index contributed by atoms with van der Waals surface area (Å²) in [5.41, 5.74) is 1.01. The Kier molecular flexibility index (Phi) is 0.234. The predicted molar refractivity (Wildman–Crippen MR) is 20.1 cm³/mol. The molecule has 5 heavy (non-hydrogen) atoms. The van der Waals surface area contributed by atoms with Crippen LogP contribution in [0.15, 0.2) is 0 Å². The normalized spacial score (nSPS) is 20.0. The average molecular weight is 68.1 g/mol. The summed E-state index contributed by atoms with van der Waals surface area (Å²) in [6.45, 7) is 0. The summed E-state index contributed by atoms with van der Waals surface area (Å²) in [4.78, 5) is 0. The quantitative estimate of drug-likeness (QED) is 0.413. The third-order valence-electron chi connectivity index (χ3n) is 0.593. The Morgan fingerprint density at radius 3 is 1.40 bits per heavy atom. The lowest BCUT2D eigenvalue weighted by atomic mass is 10.9. The maximum atomic E-state index is 6.59. The number of hydrogen-bond donors (Lipinski definition) is 2. The fraction of sp³-hybridized carbons (Fsp3) is 0.333. The molecule has 1 fully saturated rings. The van der Waals surface area contributed by atoms with E-state index in [-0.39, 0.29) is 0 Å². The first-order chi connectivity index (χ1) is 2.30. The van der Waals surface area contributed by atoms with Crippen LogP contribution in [-0.2, 0) is 0 Å². The summed E-state index contributed by atoms with van der Waals surface area (Å²) in [6.07, 6.45) is 0.639. The largest absolute Gasteiger partial charge is 0.303 e. The Bertz CT molecular complexity index is 81.1. The molecule has 0 aromatic carbocycles. The monoisotopic (exact) mass is 68.0 g/mol. The molecule has 0 bridgehead atoms. The van der Waals surface area contributed by atoms with Crippen LogP contribution in [-0.4, -0.2) is 11.4 Å². The van der Waals surface area contributed by atoms with Crippen LogP contribution < -0.4 is 0 Å². The minimum atomic E-state index is 0.505. The summed E-state index contributed by atoms with van der Waals surface area (Å²) in [7, 11) is 0. The van der Waals surface area contributed by atoms with Crippen LogP contribution in [0.4, 0.5) is 0 Å². The van der Waals surface area contributed by atoms with Crippen molar-refractivity contribution >= 4 is 11.4 Å². The highest BCUT2D eigenvalue weighted by molar-refractivity contribution is 6.60. The third-order valence-corrected chi connectivity index (χ3v) is 0.593. The van der Waals surface area contributed by atoms with E-state index in [9.17, 15) is 0 Å². The smallest absolute Gasteiger partial charge is 0.0585 e. The van der Waals surface area contributed by atoms with E-state index in [4.69, 9.17) is 10.8 Å². The van der Waals surface area contributed by atoms with Crippen LogP contribution in [0.25, 0.3) is 0 Å². The van der Waals surface area contributed by atoms with Crippen molar-refractivity contribution in [1.82, 2.24) is 0 Å². The van der Waals surface area contributed by atoms with Gasteiger partial charge in [-0.05, 0) is 0 Å². The van der Waals surface area contributed by atoms with E-state index in [1.54, 1.807) is 0 Å². The molecule has 0 aromatic rings. The van der Waals surface area contributed by atoms with Gasteiger partial charge in [-0.15, -0.1) is 0 Å². The molecule has 0 spiro atoms. The number of hydrogen-bond acceptors (Lipinski definition) is 2. The zero-order chi connectivity index (χ0) is 3.86. The van der Waals surface area contributed by atoms with Gasteiger partial charge < -0.3 is 10.8 Å². The predicted octanol–water partition coefficient (Wildman–Crippen LogP) is 0.430. The lowest BCUT2D eigenvalue weighted by Gasteiger charge is -1.40. The second-order valence-corrected chi connectivity index (χ2v) is 1.13. The van der Waals surface area contributed by atoms with Gasteiger partial charge in [0.05, 0.1) is 11.4 Å². The average Bonchev–Trinajstić information content (AvgIpc) is 1.79. The SMILES string of the molecule is N=C1CC1=N. The zero-order valence-corrected chi connectivity index (χ0v) is 2.71. The topological polar surface area (TPSA) is 47.7 Å². The zero-order valence-electron chi connectivity index (χ0n) is 2.71. The highest BCUT2D eigenvalue weighted by atomic mass is 14.6. The Labute approximate surface area is 29.8 Å². The summed E-state index contributed by atoms with van der Waals surface area (Å²) in [5.74, 6) is 0. The van der Waals surface area contributed by atoms with Crippen molar-refractivity contribution in [3.63, 3.8) is 0 Å². The van der Waals surface area contributed by atoms with Crippen LogP contribution in [0.5, 0.6) is 0 Å². The van der Waals surface area contributed by atoms with Gasteiger partial charge in [-0.2, -0.15) is 0 Å². The van der Waals surface area contributed by atoms with E-state index < -0.39 is 0 Å². The first kappa shape index (κ1) is 2.57. The fourth-order valence-corrected chi connectivity index (χ4v) is 0.133. The van der Waals surface area contributed by atoms with Crippen LogP contribution in [0.2, 0.25) is 0 Å². The van der Waals surface area contributed by atoms with E-state index in [2.05, 4.69) is 0 Å². The molecule has 1 rings (SSSR count). The molecule has 0 aliphatic heterocycles. The van der Waals surface area contributed by atoms with Crippen molar-refractivity contribution in [1.29, 1.82) is 10.8 Å². The van der Waals surface area contributed by atoms with Crippen molar-refractivity contribution < 1.29 is 0 Å². The molecule has 0 heterocycles. The van der Waals surface area contributed by atoms with Crippen molar-refractivity contribution in [3.8, 4) is 0 Å². The molecule has 1 aliphatic carbocycles. The Morgan fingerprint density at radius 1 is 1.20 bits per heavy atom. The first-order valence-electron chi connectivity index (χ1n) is 1.46. The highest BCUT2D eigenvalue weighted by Crippen LogP contribution is 2.04. The molecule has 1 aliphatic rings. The van der Waals surface area contributed by atoms with Crippen LogP contribution >= 0.6 is 0 Å². The van der Waals surface area contributed by atoms with Crippen molar-refractivity contribution in [3.05, 3.63) is 0 Å². The second-order valence-electron chi connectivity index (χ2n) is 1.13. The van der Waals surface area contributed by atoms with Gasteiger partial charge in [-0.25, -0.2) is 0 Å². The van der Waals surface area contributed by atoms with Gasteiger partial charge in [-0.3, -0.25) is 0 Å². The Hall–Kier alpha value is -0.660. The first-order valence-corrected chi connectivity index (χ1v) is 1.46. The van der Waals surface area contributed by atoms with Gasteiger partial charge in [0, 0.05) is 6.42 Å². The van der Waals surface area contributed by atoms with Crippen LogP contribution in [0.3, 0.4) is 0 Å². The van der Waals surface area contributed by atoms with E-state index in [0.717, 1.165) is 0 Å². The van der Waals surface area contributed by atoms with Gasteiger partial charge >= 0.3 is 0 Å². The summed E-state index contributed by atoms with van der Waals surface area (Å²) < 4.78 is 0. The molecule has 2 N–H and O–H groups in total. The molecule has 2 heteroatoms. The number of rotatable bonds is 0. The lowest BCUT2D eigenvalue weighted by Crippen LogP contribution is -1.58. The maximum Gasteiger partial charge on any atom is 0.0585 e. The van der Waals surface area contributed by atoms with Gasteiger partial charge in [0.15, 0.2) is 0 Å². The van der Waals surface area contributed by atoms with E-state index in [1.165, 1.54) is 0 Å². The minimum Gasteiger partial charge on any atom is -0.303 e. The fourth-order valence-electron chi connectivity index (χ4n) is 0.133. The second kappa shape index (κ2) is 0.455. The van der Waals surface area contributed by atoms with Crippen molar-refractivity contribution in [2.75, 3.05) is 0 Å². The van der Waals surface area contributed by atoms with Gasteiger partial charge in [-0.1, -0.05) is 0 Å². The summed E-state index contributed by atoms with van der Waals surface area (Å²) in [5, 5.41) is 13.2. The van der Waals surface area contributed by atoms with Gasteiger partial charge in [0.1, 0.15) is 0 Å². The Balaban J connectivity index is 2.81. The number of nitrogens with one attached hydrogen (secondary N) is 2. The molecule has 0 aromatic heterocycles. The molecule has 26 valence electrons. The molecule has 0 radical (unpaired) electrons. The molecule has 0 saturated heterocycles. The van der Waals surface area contributed by atoms with Crippen molar-refractivity contribution in [2.45, 2.75) is 6.42 Å². The molecule has 0 amide bonds. The summed E-state index contributed by atoms with van der Waals surface area (Å²) >= 11 is 0. The maximum absolute atomic E-state index is 6.59. The molecular formula is C3H4N2. The third kappa shape index (κ3) is 0.210. The van der Waals surface area contributed by atoms with E-state index >= 15 is 0 Å². The highest BCUT2D eigenvalue weighted by Gasteiger charge is 2.19. The standard InChI is InChI=1S/C3H4N2/c4-2-1-3(2)5/h4-5H,1H2. The van der Waals surface area contributed by atoms with Crippen LogP contribution in [0.1, 0.15) is 6.42 Å². The van der Waals surface area contributed by atoms with Gasteiger partial charge in [0.25, 0.3) is 0 Å². The van der Waals surface area contributed by atoms with Crippen LogP contribution in [0, 0.1) is 10.8 Å². The molecule has 0 unspecified atom stereocenters. The molecule has 2 nitrogen and oxygen atoms in total.